The summed E-state index contributed by atoms with van der Waals surface area (Å²) in [5.41, 5.74) is 1.23. The van der Waals surface area contributed by atoms with Crippen LogP contribution in [0, 0.1) is 0 Å². The maximum atomic E-state index is 12.7. The van der Waals surface area contributed by atoms with Crippen molar-refractivity contribution in [3.8, 4) is 0 Å². The molecule has 0 bridgehead atoms. The molecule has 4 nitrogen and oxygen atoms in total. The fraction of sp³-hybridized carbons (Fsp3) is 0.333. The molecular weight excluding hydrogens is 379 g/mol. The SMILES string of the molecule is O=S(=O)(c1cccc(Cl)c1)N1CCN(CCc2ccc(Cl)cc2)CC1. The molecule has 7 heteroatoms. The average Bonchev–Trinajstić information content (AvgIpc) is 2.62. The third-order valence-corrected chi connectivity index (χ3v) is 6.78. The molecule has 2 aromatic rings. The molecule has 1 fully saturated rings. The third kappa shape index (κ3) is 4.74. The molecule has 1 aliphatic heterocycles. The van der Waals surface area contributed by atoms with E-state index in [0.29, 0.717) is 18.1 Å². The number of sulfonamides is 1. The predicted octanol–water partition coefficient (Wildman–Crippen LogP) is 3.54. The Balaban J connectivity index is 1.55. The van der Waals surface area contributed by atoms with Gasteiger partial charge in [-0.2, -0.15) is 4.31 Å². The molecular formula is C18H20Cl2N2O2S. The predicted molar refractivity (Wildman–Crippen MR) is 102 cm³/mol. The molecule has 1 heterocycles. The molecule has 25 heavy (non-hydrogen) atoms. The van der Waals surface area contributed by atoms with Gasteiger partial charge < -0.3 is 4.90 Å². The van der Waals surface area contributed by atoms with E-state index in [0.717, 1.165) is 31.1 Å². The van der Waals surface area contributed by atoms with Crippen molar-refractivity contribution < 1.29 is 8.42 Å². The standard InChI is InChI=1S/C18H20Cl2N2O2S/c19-16-6-4-15(5-7-16)8-9-21-10-12-22(13-11-21)25(23,24)18-3-1-2-17(20)14-18/h1-7,14H,8-13H2. The van der Waals surface area contributed by atoms with Crippen molar-refractivity contribution >= 4 is 33.2 Å². The summed E-state index contributed by atoms with van der Waals surface area (Å²) in [6.07, 6.45) is 0.929. The highest BCUT2D eigenvalue weighted by molar-refractivity contribution is 7.89. The second kappa shape index (κ2) is 8.06. The molecule has 0 saturated carbocycles. The van der Waals surface area contributed by atoms with Crippen LogP contribution in [0.25, 0.3) is 0 Å². The van der Waals surface area contributed by atoms with Gasteiger partial charge in [0.1, 0.15) is 0 Å². The molecule has 1 aliphatic rings. The lowest BCUT2D eigenvalue weighted by molar-refractivity contribution is 0.190. The fourth-order valence-corrected chi connectivity index (χ4v) is 4.76. The molecule has 0 N–H and O–H groups in total. The van der Waals surface area contributed by atoms with Crippen molar-refractivity contribution in [2.24, 2.45) is 0 Å². The Morgan fingerprint density at radius 3 is 2.20 bits per heavy atom. The van der Waals surface area contributed by atoms with Crippen molar-refractivity contribution in [2.75, 3.05) is 32.7 Å². The lowest BCUT2D eigenvalue weighted by atomic mass is 10.1. The minimum absolute atomic E-state index is 0.259. The first-order chi connectivity index (χ1) is 11.9. The average molecular weight is 399 g/mol. The summed E-state index contributed by atoms with van der Waals surface area (Å²) in [5, 5.41) is 1.17. The molecule has 0 atom stereocenters. The van der Waals surface area contributed by atoms with Gasteiger partial charge in [-0.15, -0.1) is 0 Å². The number of hydrogen-bond donors (Lipinski definition) is 0. The van der Waals surface area contributed by atoms with Gasteiger partial charge in [0.15, 0.2) is 0 Å². The number of nitrogens with zero attached hydrogens (tertiary/aromatic N) is 2. The van der Waals surface area contributed by atoms with E-state index in [-0.39, 0.29) is 4.90 Å². The van der Waals surface area contributed by atoms with E-state index < -0.39 is 10.0 Å². The van der Waals surface area contributed by atoms with E-state index in [4.69, 9.17) is 23.2 Å². The molecule has 0 amide bonds. The highest BCUT2D eigenvalue weighted by Gasteiger charge is 2.28. The van der Waals surface area contributed by atoms with Crippen LogP contribution < -0.4 is 0 Å². The minimum Gasteiger partial charge on any atom is -0.300 e. The third-order valence-electron chi connectivity index (χ3n) is 4.40. The van der Waals surface area contributed by atoms with E-state index in [9.17, 15) is 8.42 Å². The van der Waals surface area contributed by atoms with Crippen LogP contribution >= 0.6 is 23.2 Å². The second-order valence-electron chi connectivity index (χ2n) is 6.08. The summed E-state index contributed by atoms with van der Waals surface area (Å²) in [4.78, 5) is 2.55. The first kappa shape index (κ1) is 18.7. The number of halogens is 2. The minimum atomic E-state index is -3.47. The van der Waals surface area contributed by atoms with E-state index in [1.54, 1.807) is 18.2 Å². The first-order valence-electron chi connectivity index (χ1n) is 8.18. The molecule has 134 valence electrons. The highest BCUT2D eigenvalue weighted by atomic mass is 35.5. The lowest BCUT2D eigenvalue weighted by Gasteiger charge is -2.34. The van der Waals surface area contributed by atoms with E-state index in [1.165, 1.54) is 15.9 Å². The van der Waals surface area contributed by atoms with Crippen LogP contribution in [0.1, 0.15) is 5.56 Å². The van der Waals surface area contributed by atoms with Crippen LogP contribution in [-0.4, -0.2) is 50.3 Å². The van der Waals surface area contributed by atoms with Crippen molar-refractivity contribution in [1.82, 2.24) is 9.21 Å². The number of piperazine rings is 1. The van der Waals surface area contributed by atoms with Crippen molar-refractivity contribution in [2.45, 2.75) is 11.3 Å². The van der Waals surface area contributed by atoms with E-state index in [1.807, 2.05) is 24.3 Å². The van der Waals surface area contributed by atoms with Crippen LogP contribution in [0.4, 0.5) is 0 Å². The van der Waals surface area contributed by atoms with Crippen LogP contribution in [0.15, 0.2) is 53.4 Å². The first-order valence-corrected chi connectivity index (χ1v) is 10.4. The largest absolute Gasteiger partial charge is 0.300 e. The van der Waals surface area contributed by atoms with Crippen LogP contribution in [-0.2, 0) is 16.4 Å². The van der Waals surface area contributed by atoms with Gasteiger partial charge in [0.25, 0.3) is 0 Å². The highest BCUT2D eigenvalue weighted by Crippen LogP contribution is 2.21. The van der Waals surface area contributed by atoms with Gasteiger partial charge >= 0.3 is 0 Å². The van der Waals surface area contributed by atoms with Gasteiger partial charge in [0, 0.05) is 42.8 Å². The Morgan fingerprint density at radius 1 is 0.880 bits per heavy atom. The smallest absolute Gasteiger partial charge is 0.243 e. The summed E-state index contributed by atoms with van der Waals surface area (Å²) in [5.74, 6) is 0. The monoisotopic (exact) mass is 398 g/mol. The topological polar surface area (TPSA) is 40.6 Å². The summed E-state index contributed by atoms with van der Waals surface area (Å²) in [6, 6.07) is 14.3. The van der Waals surface area contributed by atoms with Gasteiger partial charge in [0.2, 0.25) is 10.0 Å². The maximum absolute atomic E-state index is 12.7. The van der Waals surface area contributed by atoms with Gasteiger partial charge in [-0.3, -0.25) is 0 Å². The summed E-state index contributed by atoms with van der Waals surface area (Å²) in [7, 11) is -3.47. The molecule has 2 aromatic carbocycles. The fourth-order valence-electron chi connectivity index (χ4n) is 2.91. The molecule has 0 aliphatic carbocycles. The van der Waals surface area contributed by atoms with Crippen molar-refractivity contribution in [3.63, 3.8) is 0 Å². The van der Waals surface area contributed by atoms with Gasteiger partial charge in [-0.1, -0.05) is 41.4 Å². The molecule has 0 aromatic heterocycles. The van der Waals surface area contributed by atoms with E-state index >= 15 is 0 Å². The van der Waals surface area contributed by atoms with Gasteiger partial charge in [-0.05, 0) is 42.3 Å². The Hall–Kier alpha value is -1.11. The molecule has 0 radical (unpaired) electrons. The summed E-state index contributed by atoms with van der Waals surface area (Å²) in [6.45, 7) is 3.36. The number of hydrogen-bond acceptors (Lipinski definition) is 3. The Morgan fingerprint density at radius 2 is 1.56 bits per heavy atom. The van der Waals surface area contributed by atoms with Gasteiger partial charge in [-0.25, -0.2) is 8.42 Å². The normalized spacial score (nSPS) is 16.9. The Bertz CT molecular complexity index is 817. The summed E-state index contributed by atoms with van der Waals surface area (Å²) >= 11 is 11.8. The second-order valence-corrected chi connectivity index (χ2v) is 8.89. The molecule has 0 spiro atoms. The Kier molecular flexibility index (Phi) is 6.02. The van der Waals surface area contributed by atoms with Crippen LogP contribution in [0.3, 0.4) is 0 Å². The Labute approximate surface area is 159 Å². The lowest BCUT2D eigenvalue weighted by Crippen LogP contribution is -2.48. The van der Waals surface area contributed by atoms with Crippen LogP contribution in [0.2, 0.25) is 10.0 Å². The zero-order valence-electron chi connectivity index (χ0n) is 13.7. The molecule has 3 rings (SSSR count). The molecule has 1 saturated heterocycles. The van der Waals surface area contributed by atoms with Crippen molar-refractivity contribution in [1.29, 1.82) is 0 Å². The number of rotatable bonds is 5. The number of benzene rings is 2. The van der Waals surface area contributed by atoms with Crippen LogP contribution in [0.5, 0.6) is 0 Å². The quantitative estimate of drug-likeness (QED) is 0.772. The molecule has 0 unspecified atom stereocenters. The summed E-state index contributed by atoms with van der Waals surface area (Å²) < 4.78 is 26.9. The zero-order chi connectivity index (χ0) is 17.9. The van der Waals surface area contributed by atoms with E-state index in [2.05, 4.69) is 4.90 Å². The zero-order valence-corrected chi connectivity index (χ0v) is 16.1. The van der Waals surface area contributed by atoms with Crippen molar-refractivity contribution in [3.05, 3.63) is 64.1 Å². The van der Waals surface area contributed by atoms with Gasteiger partial charge in [0.05, 0.1) is 4.90 Å². The maximum Gasteiger partial charge on any atom is 0.243 e.